The number of aliphatic hydroxyl groups is 1. The molecule has 3 N–H and O–H groups in total. The normalized spacial score (nSPS) is 51.4. The van der Waals surface area contributed by atoms with Gasteiger partial charge in [-0.2, -0.15) is 0 Å². The van der Waals surface area contributed by atoms with Crippen LogP contribution in [0.25, 0.3) is 0 Å². The molecule has 0 amide bonds. The van der Waals surface area contributed by atoms with Gasteiger partial charge >= 0.3 is 0 Å². The molecular weight excluding hydrogens is 198 g/mol. The summed E-state index contributed by atoms with van der Waals surface area (Å²) in [7, 11) is 0. The number of hydrogen-bond acceptors (Lipinski definition) is 2. The lowest BCUT2D eigenvalue weighted by atomic mass is 9.72. The van der Waals surface area contributed by atoms with E-state index >= 15 is 0 Å². The molecule has 0 heterocycles. The third-order valence-electron chi connectivity index (χ3n) is 5.82. The van der Waals surface area contributed by atoms with Crippen LogP contribution in [0.2, 0.25) is 0 Å². The lowest BCUT2D eigenvalue weighted by Gasteiger charge is -2.36. The molecule has 0 aromatic heterocycles. The first-order valence-electron chi connectivity index (χ1n) is 7.12. The second kappa shape index (κ2) is 3.99. The predicted octanol–water partition coefficient (Wildman–Crippen LogP) is 2.30. The van der Waals surface area contributed by atoms with E-state index in [1.807, 2.05) is 0 Å². The number of nitrogens with two attached hydrogens (primary N) is 1. The molecule has 0 saturated heterocycles. The highest BCUT2D eigenvalue weighted by Gasteiger charge is 2.47. The van der Waals surface area contributed by atoms with Gasteiger partial charge in [0.05, 0.1) is 6.10 Å². The molecule has 0 aromatic rings. The predicted molar refractivity (Wildman–Crippen MR) is 64.9 cm³/mol. The molecule has 16 heavy (non-hydrogen) atoms. The Balaban J connectivity index is 1.68. The van der Waals surface area contributed by atoms with Crippen molar-refractivity contribution in [2.45, 2.75) is 57.5 Å². The lowest BCUT2D eigenvalue weighted by molar-refractivity contribution is 0.0315. The summed E-state index contributed by atoms with van der Waals surface area (Å²) < 4.78 is 0. The van der Waals surface area contributed by atoms with Crippen LogP contribution in [0.1, 0.15) is 51.4 Å². The SMILES string of the molecule is NCC1(CC2CC3CCC2C3)CCCC1O. The fourth-order valence-electron chi connectivity index (χ4n) is 4.83. The Kier molecular flexibility index (Phi) is 2.75. The summed E-state index contributed by atoms with van der Waals surface area (Å²) in [5.41, 5.74) is 6.07. The van der Waals surface area contributed by atoms with E-state index in [0.717, 1.165) is 24.2 Å². The monoisotopic (exact) mass is 223 g/mol. The molecule has 0 spiro atoms. The van der Waals surface area contributed by atoms with Gasteiger partial charge in [0.15, 0.2) is 0 Å². The Morgan fingerprint density at radius 3 is 2.56 bits per heavy atom. The van der Waals surface area contributed by atoms with E-state index in [1.54, 1.807) is 0 Å². The molecule has 5 atom stereocenters. The van der Waals surface area contributed by atoms with Crippen LogP contribution in [0.5, 0.6) is 0 Å². The maximum absolute atomic E-state index is 10.2. The molecule has 0 aromatic carbocycles. The van der Waals surface area contributed by atoms with Gasteiger partial charge in [-0.3, -0.25) is 0 Å². The summed E-state index contributed by atoms with van der Waals surface area (Å²) in [6, 6.07) is 0. The Labute approximate surface area is 98.6 Å². The van der Waals surface area contributed by atoms with Crippen molar-refractivity contribution in [1.29, 1.82) is 0 Å². The van der Waals surface area contributed by atoms with Gasteiger partial charge in [-0.05, 0) is 56.3 Å². The molecule has 3 aliphatic rings. The zero-order valence-corrected chi connectivity index (χ0v) is 10.2. The molecule has 2 nitrogen and oxygen atoms in total. The first-order chi connectivity index (χ1) is 7.73. The van der Waals surface area contributed by atoms with Gasteiger partial charge in [-0.15, -0.1) is 0 Å². The zero-order valence-electron chi connectivity index (χ0n) is 10.2. The molecule has 0 radical (unpaired) electrons. The number of fused-ring (bicyclic) bond motifs is 2. The molecule has 2 heteroatoms. The Hall–Kier alpha value is -0.0800. The minimum atomic E-state index is -0.114. The number of aliphatic hydroxyl groups excluding tert-OH is 1. The number of hydrogen-bond donors (Lipinski definition) is 2. The summed E-state index contributed by atoms with van der Waals surface area (Å²) >= 11 is 0. The van der Waals surface area contributed by atoms with Crippen molar-refractivity contribution in [3.8, 4) is 0 Å². The summed E-state index contributed by atoms with van der Waals surface area (Å²) in [5, 5.41) is 10.2. The fraction of sp³-hybridized carbons (Fsp3) is 1.00. The van der Waals surface area contributed by atoms with Gasteiger partial charge in [0, 0.05) is 12.0 Å². The van der Waals surface area contributed by atoms with E-state index in [9.17, 15) is 5.11 Å². The van der Waals surface area contributed by atoms with Crippen LogP contribution < -0.4 is 5.73 Å². The number of rotatable bonds is 3. The highest BCUT2D eigenvalue weighted by atomic mass is 16.3. The topological polar surface area (TPSA) is 46.2 Å². The van der Waals surface area contributed by atoms with E-state index in [2.05, 4.69) is 0 Å². The van der Waals surface area contributed by atoms with Crippen LogP contribution in [-0.4, -0.2) is 17.8 Å². The van der Waals surface area contributed by atoms with Crippen LogP contribution in [0.15, 0.2) is 0 Å². The van der Waals surface area contributed by atoms with Crippen LogP contribution in [0.3, 0.4) is 0 Å². The summed E-state index contributed by atoms with van der Waals surface area (Å²) in [5.74, 6) is 2.87. The van der Waals surface area contributed by atoms with Crippen LogP contribution in [-0.2, 0) is 0 Å². The van der Waals surface area contributed by atoms with Gasteiger partial charge in [0.2, 0.25) is 0 Å². The van der Waals surface area contributed by atoms with Crippen LogP contribution >= 0.6 is 0 Å². The van der Waals surface area contributed by atoms with E-state index in [1.165, 1.54) is 44.9 Å². The molecule has 2 bridgehead atoms. The van der Waals surface area contributed by atoms with Gasteiger partial charge in [-0.1, -0.05) is 12.8 Å². The molecule has 5 unspecified atom stereocenters. The van der Waals surface area contributed by atoms with Crippen LogP contribution in [0.4, 0.5) is 0 Å². The summed E-state index contributed by atoms with van der Waals surface area (Å²) in [4.78, 5) is 0. The van der Waals surface area contributed by atoms with Crippen molar-refractivity contribution in [2.75, 3.05) is 6.54 Å². The first kappa shape index (κ1) is 11.0. The fourth-order valence-corrected chi connectivity index (χ4v) is 4.83. The summed E-state index contributed by atoms with van der Waals surface area (Å²) in [6.07, 6.45) is 10.3. The van der Waals surface area contributed by atoms with Gasteiger partial charge in [-0.25, -0.2) is 0 Å². The van der Waals surface area contributed by atoms with Crippen molar-refractivity contribution >= 4 is 0 Å². The Morgan fingerprint density at radius 1 is 1.19 bits per heavy atom. The van der Waals surface area contributed by atoms with E-state index in [-0.39, 0.29) is 11.5 Å². The van der Waals surface area contributed by atoms with E-state index < -0.39 is 0 Å². The highest BCUT2D eigenvalue weighted by molar-refractivity contribution is 4.99. The maximum Gasteiger partial charge on any atom is 0.0608 e. The average molecular weight is 223 g/mol. The van der Waals surface area contributed by atoms with Crippen molar-refractivity contribution in [3.05, 3.63) is 0 Å². The average Bonchev–Trinajstić information content (AvgIpc) is 2.96. The third-order valence-corrected chi connectivity index (χ3v) is 5.82. The van der Waals surface area contributed by atoms with Crippen molar-refractivity contribution < 1.29 is 5.11 Å². The smallest absolute Gasteiger partial charge is 0.0608 e. The van der Waals surface area contributed by atoms with E-state index in [0.29, 0.717) is 6.54 Å². The highest BCUT2D eigenvalue weighted by Crippen LogP contribution is 2.54. The molecule has 3 fully saturated rings. The Morgan fingerprint density at radius 2 is 2.06 bits per heavy atom. The van der Waals surface area contributed by atoms with Crippen molar-refractivity contribution in [2.24, 2.45) is 28.9 Å². The molecule has 3 rings (SSSR count). The van der Waals surface area contributed by atoms with Gasteiger partial charge in [0.25, 0.3) is 0 Å². The summed E-state index contributed by atoms with van der Waals surface area (Å²) in [6.45, 7) is 0.696. The largest absolute Gasteiger partial charge is 0.393 e. The first-order valence-corrected chi connectivity index (χ1v) is 7.12. The third kappa shape index (κ3) is 1.62. The maximum atomic E-state index is 10.2. The Bertz CT molecular complexity index is 267. The second-order valence-electron chi connectivity index (χ2n) is 6.61. The molecular formula is C14H25NO. The van der Waals surface area contributed by atoms with Gasteiger partial charge in [0.1, 0.15) is 0 Å². The minimum Gasteiger partial charge on any atom is -0.393 e. The van der Waals surface area contributed by atoms with Crippen molar-refractivity contribution in [1.82, 2.24) is 0 Å². The van der Waals surface area contributed by atoms with Gasteiger partial charge < -0.3 is 10.8 Å². The van der Waals surface area contributed by atoms with Crippen molar-refractivity contribution in [3.63, 3.8) is 0 Å². The molecule has 92 valence electrons. The van der Waals surface area contributed by atoms with E-state index in [4.69, 9.17) is 5.73 Å². The molecule has 3 saturated carbocycles. The minimum absolute atomic E-state index is 0.0924. The standard InChI is InChI=1S/C14H25NO/c15-9-14(5-1-2-13(14)16)8-12-7-10-3-4-11(12)6-10/h10-13,16H,1-9,15H2. The van der Waals surface area contributed by atoms with Crippen LogP contribution in [0, 0.1) is 23.2 Å². The second-order valence-corrected chi connectivity index (χ2v) is 6.61. The molecule has 3 aliphatic carbocycles. The lowest BCUT2D eigenvalue weighted by Crippen LogP contribution is -2.40. The molecule has 0 aliphatic heterocycles. The quantitative estimate of drug-likeness (QED) is 0.771. The zero-order chi connectivity index (χ0) is 11.2.